The number of thiophene rings is 4. The Morgan fingerprint density at radius 1 is 0.621 bits per heavy atom. The number of hydrogen-bond donors (Lipinski definition) is 0. The van der Waals surface area contributed by atoms with E-state index in [0.29, 0.717) is 0 Å². The Bertz CT molecular complexity index is 1280. The molecule has 0 radical (unpaired) electrons. The van der Waals surface area contributed by atoms with Gasteiger partial charge >= 0.3 is 0 Å². The lowest BCUT2D eigenvalue weighted by Crippen LogP contribution is -2.48. The predicted octanol–water partition coefficient (Wildman–Crippen LogP) is 7.30. The highest BCUT2D eigenvalue weighted by atomic mass is 32.1. The summed E-state index contributed by atoms with van der Waals surface area (Å²) in [6.07, 6.45) is 0. The van der Waals surface area contributed by atoms with Crippen LogP contribution in [0.2, 0.25) is 13.1 Å². The lowest BCUT2D eigenvalue weighted by Gasteiger charge is -2.15. The second kappa shape index (κ2) is 6.66. The molecule has 1 aliphatic heterocycles. The number of aromatic nitrogens is 1. The number of hydrogen-bond acceptors (Lipinski definition) is 4. The summed E-state index contributed by atoms with van der Waals surface area (Å²) in [5.74, 6) is 0. The minimum atomic E-state index is -1.32. The van der Waals surface area contributed by atoms with Gasteiger partial charge in [0.05, 0.1) is 20.4 Å². The van der Waals surface area contributed by atoms with Crippen molar-refractivity contribution in [3.8, 4) is 9.75 Å². The van der Waals surface area contributed by atoms with Crippen molar-refractivity contribution in [2.75, 3.05) is 0 Å². The largest absolute Gasteiger partial charge is 0.342 e. The minimum absolute atomic E-state index is 1.32. The molecule has 0 fully saturated rings. The van der Waals surface area contributed by atoms with E-state index in [1.807, 2.05) is 45.3 Å². The fraction of sp³-hybridized carbons (Fsp3) is 0.304. The zero-order chi connectivity index (χ0) is 20.7. The molecule has 150 valence electrons. The molecule has 0 aliphatic carbocycles. The van der Waals surface area contributed by atoms with Crippen LogP contribution in [0.15, 0.2) is 24.3 Å². The average molecular weight is 472 g/mol. The molecule has 1 nitrogen and oxygen atoms in total. The van der Waals surface area contributed by atoms with E-state index in [2.05, 4.69) is 76.7 Å². The molecule has 0 saturated heterocycles. The van der Waals surface area contributed by atoms with Crippen molar-refractivity contribution in [2.24, 2.45) is 7.05 Å². The van der Waals surface area contributed by atoms with E-state index < -0.39 is 8.07 Å². The zero-order valence-electron chi connectivity index (χ0n) is 17.9. The lowest BCUT2D eigenvalue weighted by atomic mass is 10.3. The third kappa shape index (κ3) is 2.95. The Hall–Kier alpha value is -1.18. The molecular weight excluding hydrogens is 447 g/mol. The van der Waals surface area contributed by atoms with Crippen LogP contribution in [-0.2, 0) is 7.05 Å². The molecule has 0 amide bonds. The Morgan fingerprint density at radius 3 is 1.41 bits per heavy atom. The summed E-state index contributed by atoms with van der Waals surface area (Å²) in [5.41, 5.74) is 2.77. The topological polar surface area (TPSA) is 4.93 Å². The molecule has 0 bridgehead atoms. The minimum Gasteiger partial charge on any atom is -0.342 e. The van der Waals surface area contributed by atoms with E-state index in [0.717, 1.165) is 0 Å². The Balaban J connectivity index is 0.000000125. The van der Waals surface area contributed by atoms with Gasteiger partial charge in [0.2, 0.25) is 0 Å². The van der Waals surface area contributed by atoms with Gasteiger partial charge in [0.1, 0.15) is 8.07 Å². The van der Waals surface area contributed by atoms with Crippen LogP contribution in [-0.4, -0.2) is 12.6 Å². The van der Waals surface area contributed by atoms with Crippen molar-refractivity contribution in [2.45, 2.75) is 40.8 Å². The fourth-order valence-electron chi connectivity index (χ4n) is 4.39. The zero-order valence-corrected chi connectivity index (χ0v) is 22.2. The molecule has 1 aliphatic rings. The average Bonchev–Trinajstić information content (AvgIpc) is 3.42. The molecule has 0 N–H and O–H groups in total. The van der Waals surface area contributed by atoms with Gasteiger partial charge in [-0.2, -0.15) is 0 Å². The van der Waals surface area contributed by atoms with Crippen LogP contribution in [0.25, 0.3) is 30.2 Å². The summed E-state index contributed by atoms with van der Waals surface area (Å²) >= 11 is 7.77. The van der Waals surface area contributed by atoms with Crippen LogP contribution in [0.4, 0.5) is 0 Å². The van der Waals surface area contributed by atoms with Gasteiger partial charge < -0.3 is 4.57 Å². The Labute approximate surface area is 189 Å². The van der Waals surface area contributed by atoms with Gasteiger partial charge in [-0.3, -0.25) is 0 Å². The van der Waals surface area contributed by atoms with Crippen molar-refractivity contribution >= 4 is 84.2 Å². The van der Waals surface area contributed by atoms with Crippen LogP contribution < -0.4 is 10.4 Å². The molecule has 0 unspecified atom stereocenters. The quantitative estimate of drug-likeness (QED) is 0.209. The summed E-state index contributed by atoms with van der Waals surface area (Å²) in [7, 11) is 0.837. The van der Waals surface area contributed by atoms with Gasteiger partial charge in [-0.1, -0.05) is 13.1 Å². The van der Waals surface area contributed by atoms with Crippen molar-refractivity contribution < 1.29 is 0 Å². The van der Waals surface area contributed by atoms with Crippen LogP contribution in [0.1, 0.15) is 19.5 Å². The second-order valence-corrected chi connectivity index (χ2v) is 17.9. The van der Waals surface area contributed by atoms with Crippen LogP contribution in [0, 0.1) is 27.7 Å². The number of nitrogens with zero attached hydrogens (tertiary/aromatic N) is 1. The van der Waals surface area contributed by atoms with Gasteiger partial charge in [0, 0.05) is 36.3 Å². The standard InChI is InChI=1S/C12H14S2Si.C11H11NS2/c1-7-5-9-11(13-7)12-10(15(9,3)4)6-8(2)14-12;1-6-4-8-10(13-6)11-9(12(8)3)5-7(2)14-11/h5-6H,1-4H3;4-5H,1-3H3. The third-order valence-electron chi connectivity index (χ3n) is 5.86. The summed E-state index contributed by atoms with van der Waals surface area (Å²) in [6.45, 7) is 13.8. The van der Waals surface area contributed by atoms with Gasteiger partial charge in [0.25, 0.3) is 0 Å². The number of rotatable bonds is 0. The summed E-state index contributed by atoms with van der Waals surface area (Å²) in [6, 6.07) is 9.41. The smallest absolute Gasteiger partial charge is 0.116 e. The van der Waals surface area contributed by atoms with Crippen molar-refractivity contribution in [3.63, 3.8) is 0 Å². The summed E-state index contributed by atoms with van der Waals surface area (Å²) in [5, 5.41) is 3.34. The molecule has 0 saturated carbocycles. The second-order valence-electron chi connectivity index (χ2n) is 8.53. The first-order valence-corrected chi connectivity index (χ1v) is 16.1. The molecule has 0 spiro atoms. The highest BCUT2D eigenvalue weighted by Crippen LogP contribution is 2.39. The first-order chi connectivity index (χ1) is 13.7. The fourth-order valence-corrected chi connectivity index (χ4v) is 13.7. The molecule has 5 aromatic rings. The van der Waals surface area contributed by atoms with Crippen LogP contribution in [0.3, 0.4) is 0 Å². The highest BCUT2D eigenvalue weighted by Gasteiger charge is 2.40. The van der Waals surface area contributed by atoms with E-state index in [4.69, 9.17) is 0 Å². The molecule has 6 rings (SSSR count). The highest BCUT2D eigenvalue weighted by molar-refractivity contribution is 7.29. The van der Waals surface area contributed by atoms with Gasteiger partial charge in [-0.25, -0.2) is 0 Å². The maximum absolute atomic E-state index is 2.48. The first kappa shape index (κ1) is 19.8. The van der Waals surface area contributed by atoms with Gasteiger partial charge in [-0.05, 0) is 62.3 Å². The number of aryl methyl sites for hydroxylation is 5. The molecule has 5 aromatic heterocycles. The molecular formula is C23H25NS4Si. The third-order valence-corrected chi connectivity index (χ3v) is 14.2. The monoisotopic (exact) mass is 471 g/mol. The predicted molar refractivity (Wildman–Crippen MR) is 140 cm³/mol. The van der Waals surface area contributed by atoms with Crippen LogP contribution in [0.5, 0.6) is 0 Å². The molecule has 6 heteroatoms. The molecule has 0 aromatic carbocycles. The maximum atomic E-state index is 2.48. The molecule has 29 heavy (non-hydrogen) atoms. The van der Waals surface area contributed by atoms with Crippen molar-refractivity contribution in [1.82, 2.24) is 4.57 Å². The van der Waals surface area contributed by atoms with E-state index in [9.17, 15) is 0 Å². The number of fused-ring (bicyclic) bond motifs is 6. The van der Waals surface area contributed by atoms with Gasteiger partial charge in [0.15, 0.2) is 0 Å². The van der Waals surface area contributed by atoms with Crippen molar-refractivity contribution in [1.29, 1.82) is 0 Å². The van der Waals surface area contributed by atoms with E-state index in [1.54, 1.807) is 20.1 Å². The molecule has 6 heterocycles. The van der Waals surface area contributed by atoms with Crippen molar-refractivity contribution in [3.05, 3.63) is 43.8 Å². The van der Waals surface area contributed by atoms with E-state index in [1.165, 1.54) is 39.9 Å². The Morgan fingerprint density at radius 2 is 1.00 bits per heavy atom. The summed E-state index contributed by atoms with van der Waals surface area (Å²) < 4.78 is 5.22. The van der Waals surface area contributed by atoms with Gasteiger partial charge in [-0.15, -0.1) is 45.3 Å². The first-order valence-electron chi connectivity index (χ1n) is 9.84. The molecule has 0 atom stereocenters. The van der Waals surface area contributed by atoms with E-state index in [-0.39, 0.29) is 0 Å². The lowest BCUT2D eigenvalue weighted by molar-refractivity contribution is 1.02. The maximum Gasteiger partial charge on any atom is 0.116 e. The normalized spacial score (nSPS) is 14.3. The SMILES string of the molecule is Cc1cc2c(s1)-c1sc(C)cc1[Si]2(C)C.Cc1cc2c(s1)c1sc(C)cc1n2C. The van der Waals surface area contributed by atoms with Crippen LogP contribution >= 0.6 is 45.3 Å². The summed E-state index contributed by atoms with van der Waals surface area (Å²) in [4.78, 5) is 8.90. The Kier molecular flexibility index (Phi) is 4.54. The van der Waals surface area contributed by atoms with E-state index >= 15 is 0 Å².